The van der Waals surface area contributed by atoms with Crippen molar-refractivity contribution in [1.82, 2.24) is 4.90 Å². The minimum atomic E-state index is -1.82. The molecule has 0 bridgehead atoms. The molecule has 0 spiro atoms. The van der Waals surface area contributed by atoms with Gasteiger partial charge in [-0.25, -0.2) is 9.59 Å². The molecular weight excluding hydrogens is 338 g/mol. The molecule has 26 heavy (non-hydrogen) atoms. The Morgan fingerprint density at radius 2 is 1.81 bits per heavy atom. The van der Waals surface area contributed by atoms with Crippen molar-refractivity contribution in [2.45, 2.75) is 45.8 Å². The molecule has 0 radical (unpaired) electrons. The van der Waals surface area contributed by atoms with Crippen LogP contribution in [-0.4, -0.2) is 65.5 Å². The van der Waals surface area contributed by atoms with Gasteiger partial charge in [-0.2, -0.15) is 0 Å². The van der Waals surface area contributed by atoms with Crippen molar-refractivity contribution in [3.63, 3.8) is 0 Å². The number of carbonyl (C=O) groups is 2. The molecule has 1 heterocycles. The zero-order valence-electron chi connectivity index (χ0n) is 15.7. The summed E-state index contributed by atoms with van der Waals surface area (Å²) in [5, 5.41) is 14.8. The summed E-state index contributed by atoms with van der Waals surface area (Å²) in [5.41, 5.74) is 1.33. The quantitative estimate of drug-likeness (QED) is 0.588. The van der Waals surface area contributed by atoms with Gasteiger partial charge in [0.1, 0.15) is 5.75 Å². The van der Waals surface area contributed by atoms with Gasteiger partial charge in [-0.3, -0.25) is 4.90 Å². The third-order valence-corrected chi connectivity index (χ3v) is 3.87. The van der Waals surface area contributed by atoms with Crippen LogP contribution in [0.4, 0.5) is 0 Å². The summed E-state index contributed by atoms with van der Waals surface area (Å²) < 4.78 is 11.6. The average Bonchev–Trinajstić information content (AvgIpc) is 2.58. The molecule has 1 aromatic carbocycles. The van der Waals surface area contributed by atoms with E-state index in [0.29, 0.717) is 12.2 Å². The number of hydrogen-bond donors (Lipinski definition) is 2. The van der Waals surface area contributed by atoms with Gasteiger partial charge in [-0.1, -0.05) is 19.1 Å². The molecule has 0 aliphatic carbocycles. The number of aryl methyl sites for hydroxylation is 1. The van der Waals surface area contributed by atoms with E-state index < -0.39 is 11.9 Å². The van der Waals surface area contributed by atoms with Gasteiger partial charge in [0.2, 0.25) is 0 Å². The Morgan fingerprint density at radius 1 is 1.19 bits per heavy atom. The highest BCUT2D eigenvalue weighted by molar-refractivity contribution is 6.27. The monoisotopic (exact) mass is 367 g/mol. The lowest BCUT2D eigenvalue weighted by Crippen LogP contribution is -2.45. The standard InChI is InChI=1S/C17H27NO2.C2H2O4/c1-4-16-7-5-8-17(11-16)19-10-6-9-18-12-14(2)20-15(3)13-18;3-1(4)2(5)6/h5,7-8,11,14-15H,4,6,9-10,12-13H2,1-3H3;(H,3,4)(H,5,6). The molecule has 7 heteroatoms. The molecule has 1 aromatic rings. The molecule has 2 atom stereocenters. The maximum absolute atomic E-state index is 9.10. The third kappa shape index (κ3) is 8.82. The van der Waals surface area contributed by atoms with E-state index in [1.807, 2.05) is 6.07 Å². The molecule has 1 aliphatic rings. The van der Waals surface area contributed by atoms with Crippen molar-refractivity contribution in [1.29, 1.82) is 0 Å². The lowest BCUT2D eigenvalue weighted by atomic mass is 10.2. The molecule has 2 rings (SSSR count). The van der Waals surface area contributed by atoms with Crippen LogP contribution in [0.15, 0.2) is 24.3 Å². The fourth-order valence-corrected chi connectivity index (χ4v) is 2.80. The van der Waals surface area contributed by atoms with Gasteiger partial charge in [-0.05, 0) is 44.4 Å². The van der Waals surface area contributed by atoms with E-state index in [2.05, 4.69) is 43.9 Å². The maximum atomic E-state index is 9.10. The zero-order valence-corrected chi connectivity index (χ0v) is 15.7. The van der Waals surface area contributed by atoms with E-state index in [4.69, 9.17) is 29.3 Å². The third-order valence-electron chi connectivity index (χ3n) is 3.87. The van der Waals surface area contributed by atoms with Crippen molar-refractivity contribution in [2.75, 3.05) is 26.2 Å². The minimum Gasteiger partial charge on any atom is -0.494 e. The van der Waals surface area contributed by atoms with Crippen molar-refractivity contribution in [3.8, 4) is 5.75 Å². The number of rotatable bonds is 6. The van der Waals surface area contributed by atoms with Gasteiger partial charge in [0.05, 0.1) is 18.8 Å². The summed E-state index contributed by atoms with van der Waals surface area (Å²) in [5.74, 6) is -2.65. The first-order valence-electron chi connectivity index (χ1n) is 8.87. The van der Waals surface area contributed by atoms with E-state index in [1.165, 1.54) is 5.56 Å². The number of carboxylic acid groups (broad SMARTS) is 2. The summed E-state index contributed by atoms with van der Waals surface area (Å²) in [6.45, 7) is 10.4. The van der Waals surface area contributed by atoms with E-state index >= 15 is 0 Å². The summed E-state index contributed by atoms with van der Waals surface area (Å²) in [6.07, 6.45) is 2.82. The molecule has 7 nitrogen and oxygen atoms in total. The SMILES string of the molecule is CCc1cccc(OCCCN2CC(C)OC(C)C2)c1.O=C(O)C(=O)O. The highest BCUT2D eigenvalue weighted by Crippen LogP contribution is 2.14. The Morgan fingerprint density at radius 3 is 2.35 bits per heavy atom. The molecule has 1 fully saturated rings. The molecular formula is C19H29NO6. The van der Waals surface area contributed by atoms with Gasteiger partial charge in [0.25, 0.3) is 0 Å². The first kappa shape index (κ1) is 21.9. The van der Waals surface area contributed by atoms with E-state index in [1.54, 1.807) is 0 Å². The van der Waals surface area contributed by atoms with E-state index in [0.717, 1.165) is 44.8 Å². The summed E-state index contributed by atoms with van der Waals surface area (Å²) >= 11 is 0. The van der Waals surface area contributed by atoms with Gasteiger partial charge >= 0.3 is 11.9 Å². The molecule has 1 saturated heterocycles. The lowest BCUT2D eigenvalue weighted by Gasteiger charge is -2.35. The van der Waals surface area contributed by atoms with E-state index in [9.17, 15) is 0 Å². The number of nitrogens with zero attached hydrogens (tertiary/aromatic N) is 1. The summed E-state index contributed by atoms with van der Waals surface area (Å²) in [4.78, 5) is 20.7. The minimum absolute atomic E-state index is 0.348. The van der Waals surface area contributed by atoms with Crippen molar-refractivity contribution in [2.24, 2.45) is 0 Å². The molecule has 0 saturated carbocycles. The Balaban J connectivity index is 0.000000487. The number of morpholine rings is 1. The van der Waals surface area contributed by atoms with Crippen LogP contribution >= 0.6 is 0 Å². The molecule has 0 amide bonds. The second-order valence-electron chi connectivity index (χ2n) is 6.33. The topological polar surface area (TPSA) is 96.3 Å². The van der Waals surface area contributed by atoms with Crippen LogP contribution in [0.25, 0.3) is 0 Å². The fourth-order valence-electron chi connectivity index (χ4n) is 2.80. The highest BCUT2D eigenvalue weighted by Gasteiger charge is 2.21. The van der Waals surface area contributed by atoms with Crippen LogP contribution in [-0.2, 0) is 20.7 Å². The van der Waals surface area contributed by atoms with Gasteiger partial charge in [0, 0.05) is 19.6 Å². The summed E-state index contributed by atoms with van der Waals surface area (Å²) in [6, 6.07) is 8.39. The second-order valence-corrected chi connectivity index (χ2v) is 6.33. The maximum Gasteiger partial charge on any atom is 0.414 e. The smallest absolute Gasteiger partial charge is 0.414 e. The van der Waals surface area contributed by atoms with Crippen LogP contribution < -0.4 is 4.74 Å². The molecule has 146 valence electrons. The average molecular weight is 367 g/mol. The second kappa shape index (κ2) is 11.5. The first-order valence-corrected chi connectivity index (χ1v) is 8.87. The van der Waals surface area contributed by atoms with Crippen LogP contribution in [0.2, 0.25) is 0 Å². The number of benzene rings is 1. The van der Waals surface area contributed by atoms with Gasteiger partial charge in [0.15, 0.2) is 0 Å². The number of carboxylic acids is 2. The molecule has 2 N–H and O–H groups in total. The predicted octanol–water partition coefficient (Wildman–Crippen LogP) is 2.28. The van der Waals surface area contributed by atoms with E-state index in [-0.39, 0.29) is 0 Å². The van der Waals surface area contributed by atoms with Crippen LogP contribution in [0.1, 0.15) is 32.8 Å². The van der Waals surface area contributed by atoms with Gasteiger partial charge < -0.3 is 19.7 Å². The van der Waals surface area contributed by atoms with Crippen LogP contribution in [0, 0.1) is 0 Å². The largest absolute Gasteiger partial charge is 0.494 e. The zero-order chi connectivity index (χ0) is 19.5. The normalized spacial score (nSPS) is 20.0. The van der Waals surface area contributed by atoms with Crippen molar-refractivity contribution < 1.29 is 29.3 Å². The Bertz CT molecular complexity index is 555. The summed E-state index contributed by atoms with van der Waals surface area (Å²) in [7, 11) is 0. The molecule has 1 aliphatic heterocycles. The molecule has 2 unspecified atom stereocenters. The molecule has 0 aromatic heterocycles. The van der Waals surface area contributed by atoms with Crippen LogP contribution in [0.5, 0.6) is 5.75 Å². The van der Waals surface area contributed by atoms with Crippen molar-refractivity contribution in [3.05, 3.63) is 29.8 Å². The van der Waals surface area contributed by atoms with Crippen molar-refractivity contribution >= 4 is 11.9 Å². The Kier molecular flexibility index (Phi) is 9.69. The predicted molar refractivity (Wildman–Crippen MR) is 97.7 cm³/mol. The number of ether oxygens (including phenoxy) is 2. The fraction of sp³-hybridized carbons (Fsp3) is 0.579. The number of aliphatic carboxylic acids is 2. The number of hydrogen-bond acceptors (Lipinski definition) is 5. The Hall–Kier alpha value is -2.12. The highest BCUT2D eigenvalue weighted by atomic mass is 16.5. The lowest BCUT2D eigenvalue weighted by molar-refractivity contribution is -0.159. The van der Waals surface area contributed by atoms with Gasteiger partial charge in [-0.15, -0.1) is 0 Å². The Labute approximate surface area is 154 Å². The van der Waals surface area contributed by atoms with Crippen LogP contribution in [0.3, 0.4) is 0 Å². The first-order chi connectivity index (χ1) is 12.3.